The van der Waals surface area contributed by atoms with Crippen molar-refractivity contribution < 1.29 is 54.1 Å². The molecule has 0 aliphatic carbocycles. The predicted octanol–water partition coefficient (Wildman–Crippen LogP) is 1.77. The summed E-state index contributed by atoms with van der Waals surface area (Å²) in [4.78, 5) is 31.5. The maximum absolute atomic E-state index is 13.1. The number of rotatable bonds is 4. The number of amides is 4. The summed E-state index contributed by atoms with van der Waals surface area (Å²) in [6.07, 6.45) is 5.17. The van der Waals surface area contributed by atoms with Gasteiger partial charge < -0.3 is 16.8 Å². The number of carbonyl (C=O) groups excluding carboxylic acids is 2. The van der Waals surface area contributed by atoms with E-state index >= 15 is 0 Å². The van der Waals surface area contributed by atoms with Crippen LogP contribution in [0.2, 0.25) is 0 Å². The fourth-order valence-electron chi connectivity index (χ4n) is 2.56. The van der Waals surface area contributed by atoms with Crippen LogP contribution >= 0.6 is 43.5 Å². The minimum Gasteiger partial charge on any atom is -1.00 e. The van der Waals surface area contributed by atoms with Gasteiger partial charge in [0.1, 0.15) is 23.3 Å². The molecule has 0 saturated carbocycles. The number of hydrogen-bond acceptors (Lipinski definition) is 5. The minimum absolute atomic E-state index is 0. The van der Waals surface area contributed by atoms with E-state index in [1.54, 1.807) is 0 Å². The Labute approximate surface area is 247 Å². The van der Waals surface area contributed by atoms with E-state index in [-0.39, 0.29) is 47.3 Å². The van der Waals surface area contributed by atoms with E-state index in [9.17, 15) is 18.4 Å². The van der Waals surface area contributed by atoms with Crippen LogP contribution in [0.5, 0.6) is 0 Å². The van der Waals surface area contributed by atoms with E-state index in [1.165, 1.54) is 36.2 Å². The molecule has 4 heterocycles. The average molecular weight is 653 g/mol. The van der Waals surface area contributed by atoms with E-state index < -0.39 is 17.7 Å². The molecule has 2 aromatic heterocycles. The molecule has 0 radical (unpaired) electrons. The Balaban J connectivity index is 0.000000545. The first-order valence-electron chi connectivity index (χ1n) is 10.2. The maximum Gasteiger partial charge on any atom is 1.00 e. The van der Waals surface area contributed by atoms with Gasteiger partial charge in [0.05, 0.1) is 8.95 Å². The average Bonchev–Trinajstić information content (AvgIpc) is 3.53. The van der Waals surface area contributed by atoms with Crippen LogP contribution in [0.3, 0.4) is 0 Å². The third kappa shape index (κ3) is 11.7. The van der Waals surface area contributed by atoms with Crippen LogP contribution in [0.4, 0.5) is 30.0 Å². The van der Waals surface area contributed by atoms with Crippen LogP contribution in [-0.4, -0.2) is 60.8 Å². The molecular weight excluding hydrogens is 629 g/mol. The number of halogens is 5. The summed E-state index contributed by atoms with van der Waals surface area (Å²) < 4.78 is 31.6. The zero-order chi connectivity index (χ0) is 24.9. The van der Waals surface area contributed by atoms with Crippen molar-refractivity contribution in [1.29, 1.82) is 0 Å². The Bertz CT molecular complexity index is 977. The molecule has 0 atom stereocenters. The minimum atomic E-state index is -0.488. The second-order valence-electron chi connectivity index (χ2n) is 6.71. The van der Waals surface area contributed by atoms with E-state index in [0.29, 0.717) is 35.8 Å². The molecule has 2 aromatic rings. The molecular formula is C20H24Br2ClF2N6NaO3. The molecule has 0 unspecified atom stereocenters. The van der Waals surface area contributed by atoms with Crippen molar-refractivity contribution in [2.75, 3.05) is 48.9 Å². The summed E-state index contributed by atoms with van der Waals surface area (Å²) in [7, 11) is 0. The predicted molar refractivity (Wildman–Crippen MR) is 133 cm³/mol. The van der Waals surface area contributed by atoms with Gasteiger partial charge in [0.2, 0.25) is 0 Å². The van der Waals surface area contributed by atoms with Crippen molar-refractivity contribution >= 4 is 67.2 Å². The molecule has 4 rings (SSSR count). The van der Waals surface area contributed by atoms with Gasteiger partial charge in [-0.15, -0.1) is 11.6 Å². The molecule has 3 N–H and O–H groups in total. The molecule has 2 aliphatic heterocycles. The Morgan fingerprint density at radius 1 is 1.17 bits per heavy atom. The number of pyridine rings is 2. The summed E-state index contributed by atoms with van der Waals surface area (Å²) in [5.41, 5.74) is 0. The van der Waals surface area contributed by atoms with Crippen molar-refractivity contribution in [2.24, 2.45) is 0 Å². The zero-order valence-electron chi connectivity index (χ0n) is 19.9. The number of carbonyl (C=O) groups is 2. The van der Waals surface area contributed by atoms with Gasteiger partial charge in [0.15, 0.2) is 0 Å². The Morgan fingerprint density at radius 3 is 2.29 bits per heavy atom. The number of ether oxygens (including phenoxy) is 1. The molecule has 2 fully saturated rings. The number of aromatic nitrogens is 2. The van der Waals surface area contributed by atoms with Crippen LogP contribution in [0.25, 0.3) is 0 Å². The van der Waals surface area contributed by atoms with Crippen molar-refractivity contribution in [3.63, 3.8) is 0 Å². The normalized spacial score (nSPS) is 14.0. The first kappa shape index (κ1) is 31.9. The van der Waals surface area contributed by atoms with Crippen LogP contribution < -0.4 is 50.4 Å². The maximum atomic E-state index is 13.1. The van der Waals surface area contributed by atoms with Crippen molar-refractivity contribution in [1.82, 2.24) is 20.6 Å². The third-order valence-electron chi connectivity index (χ3n) is 4.19. The van der Waals surface area contributed by atoms with Crippen molar-refractivity contribution in [3.05, 3.63) is 45.1 Å². The SMILES string of the molecule is C1CCOC1.O=C(NCCCl)Nc1cc(F)c(Br)cn1.O=C1NCCN1c1cc(F)c(Br)cn1.[H-].[Na+]. The van der Waals surface area contributed by atoms with Gasteiger partial charge in [-0.05, 0) is 44.7 Å². The number of anilines is 2. The molecule has 2 saturated heterocycles. The molecule has 0 bridgehead atoms. The standard InChI is InChI=1S/C8H8BrClFN3O.C8H7BrFN3O.C4H8O.Na.H/c9-5-4-13-7(3-6(5)11)14-8(15)12-2-1-10;9-5-4-12-7(3-6(5)10)13-2-1-11-8(13)14;1-2-4-5-3-1;;/h3-4H,1-2H2,(H2,12,13,14,15);3-4H,1-2H2,(H,11,14);1-4H2;;/q;;;+1;-1. The summed E-state index contributed by atoms with van der Waals surface area (Å²) in [5, 5.41) is 7.44. The smallest absolute Gasteiger partial charge is 1.00 e. The van der Waals surface area contributed by atoms with Gasteiger partial charge in [-0.25, -0.2) is 28.3 Å². The monoisotopic (exact) mass is 650 g/mol. The van der Waals surface area contributed by atoms with Crippen LogP contribution in [0, 0.1) is 11.6 Å². The quantitative estimate of drug-likeness (QED) is 0.345. The second kappa shape index (κ2) is 17.4. The molecule has 35 heavy (non-hydrogen) atoms. The molecule has 2 aliphatic rings. The van der Waals surface area contributed by atoms with Gasteiger partial charge in [0, 0.05) is 63.3 Å². The van der Waals surface area contributed by atoms with Gasteiger partial charge in [-0.3, -0.25) is 10.2 Å². The fraction of sp³-hybridized carbons (Fsp3) is 0.400. The van der Waals surface area contributed by atoms with Gasteiger partial charge >= 0.3 is 41.6 Å². The van der Waals surface area contributed by atoms with Crippen molar-refractivity contribution in [2.45, 2.75) is 12.8 Å². The Hall–Kier alpha value is -1.09. The van der Waals surface area contributed by atoms with Gasteiger partial charge in [-0.1, -0.05) is 0 Å². The van der Waals surface area contributed by atoms with E-state index in [2.05, 4.69) is 57.8 Å². The number of alkyl halides is 1. The number of hydrogen-bond donors (Lipinski definition) is 3. The molecule has 4 amide bonds. The number of urea groups is 2. The molecule has 0 aromatic carbocycles. The van der Waals surface area contributed by atoms with E-state index in [1.807, 2.05) is 0 Å². The zero-order valence-corrected chi connectivity index (χ0v) is 24.9. The van der Waals surface area contributed by atoms with Gasteiger partial charge in [-0.2, -0.15) is 0 Å². The summed E-state index contributed by atoms with van der Waals surface area (Å²) in [5.74, 6) is -0.119. The summed E-state index contributed by atoms with van der Waals surface area (Å²) in [6.45, 7) is 3.43. The molecule has 188 valence electrons. The molecule has 15 heteroatoms. The van der Waals surface area contributed by atoms with Crippen LogP contribution in [-0.2, 0) is 4.74 Å². The first-order chi connectivity index (χ1) is 16.3. The van der Waals surface area contributed by atoms with Crippen LogP contribution in [0.1, 0.15) is 14.3 Å². The molecule has 9 nitrogen and oxygen atoms in total. The van der Waals surface area contributed by atoms with E-state index in [4.69, 9.17) is 16.3 Å². The topological polar surface area (TPSA) is 108 Å². The number of nitrogens with zero attached hydrogens (tertiary/aromatic N) is 3. The summed E-state index contributed by atoms with van der Waals surface area (Å²) >= 11 is 11.3. The van der Waals surface area contributed by atoms with Gasteiger partial charge in [0.25, 0.3) is 0 Å². The van der Waals surface area contributed by atoms with Crippen molar-refractivity contribution in [3.8, 4) is 0 Å². The van der Waals surface area contributed by atoms with Crippen LogP contribution in [0.15, 0.2) is 33.5 Å². The first-order valence-corrected chi connectivity index (χ1v) is 12.3. The van der Waals surface area contributed by atoms with E-state index in [0.717, 1.165) is 19.3 Å². The Morgan fingerprint density at radius 2 is 1.80 bits per heavy atom. The molecule has 0 spiro atoms. The summed E-state index contributed by atoms with van der Waals surface area (Å²) in [6, 6.07) is 1.64. The fourth-order valence-corrected chi connectivity index (χ4v) is 3.08. The largest absolute Gasteiger partial charge is 1.00 e. The second-order valence-corrected chi connectivity index (χ2v) is 8.80. The Kier molecular flexibility index (Phi) is 15.9. The third-order valence-corrected chi connectivity index (χ3v) is 5.54. The number of nitrogens with one attached hydrogen (secondary N) is 3.